The summed E-state index contributed by atoms with van der Waals surface area (Å²) in [6.07, 6.45) is 0. The van der Waals surface area contributed by atoms with Gasteiger partial charge in [0.15, 0.2) is 5.76 Å². The van der Waals surface area contributed by atoms with Crippen LogP contribution in [0.3, 0.4) is 0 Å². The highest BCUT2D eigenvalue weighted by Gasteiger charge is 2.28. The SMILES string of the molecule is CCOCc1c(C(=O)N2CCN(c3cccc(C)c3C)CC2)oc2ccccc12. The largest absolute Gasteiger partial charge is 0.451 e. The molecule has 152 valence electrons. The van der Waals surface area contributed by atoms with E-state index in [1.165, 1.54) is 16.8 Å². The lowest BCUT2D eigenvalue weighted by Gasteiger charge is -2.36. The van der Waals surface area contributed by atoms with Crippen LogP contribution in [-0.2, 0) is 11.3 Å². The highest BCUT2D eigenvalue weighted by molar-refractivity contribution is 5.99. The number of furan rings is 1. The number of hydrogen-bond acceptors (Lipinski definition) is 4. The number of hydrogen-bond donors (Lipinski definition) is 0. The van der Waals surface area contributed by atoms with E-state index in [4.69, 9.17) is 9.15 Å². The third-order valence-electron chi connectivity index (χ3n) is 5.83. The normalized spacial score (nSPS) is 14.6. The summed E-state index contributed by atoms with van der Waals surface area (Å²) in [5, 5.41) is 0.957. The smallest absolute Gasteiger partial charge is 0.290 e. The molecule has 2 heterocycles. The minimum atomic E-state index is -0.0449. The number of amides is 1. The van der Waals surface area contributed by atoms with Gasteiger partial charge in [-0.1, -0.05) is 30.3 Å². The molecule has 0 spiro atoms. The molecule has 1 saturated heterocycles. The van der Waals surface area contributed by atoms with Gasteiger partial charge in [-0.3, -0.25) is 4.79 Å². The second-order valence-electron chi connectivity index (χ2n) is 7.54. The van der Waals surface area contributed by atoms with Crippen LogP contribution in [-0.4, -0.2) is 43.6 Å². The number of para-hydroxylation sites is 1. The molecular weight excluding hydrogens is 364 g/mol. The Morgan fingerprint density at radius 3 is 2.55 bits per heavy atom. The second-order valence-corrected chi connectivity index (χ2v) is 7.54. The van der Waals surface area contributed by atoms with Crippen LogP contribution in [0.5, 0.6) is 0 Å². The highest BCUT2D eigenvalue weighted by atomic mass is 16.5. The maximum Gasteiger partial charge on any atom is 0.290 e. The number of aryl methyl sites for hydroxylation is 1. The Bertz CT molecular complexity index is 1020. The number of carbonyl (C=O) groups excluding carboxylic acids is 1. The van der Waals surface area contributed by atoms with E-state index in [9.17, 15) is 4.79 Å². The molecule has 1 amide bonds. The van der Waals surface area contributed by atoms with E-state index in [-0.39, 0.29) is 5.91 Å². The van der Waals surface area contributed by atoms with Crippen molar-refractivity contribution in [2.24, 2.45) is 0 Å². The van der Waals surface area contributed by atoms with Crippen LogP contribution < -0.4 is 4.90 Å². The lowest BCUT2D eigenvalue weighted by molar-refractivity contribution is 0.0706. The Labute approximate surface area is 171 Å². The molecule has 0 unspecified atom stereocenters. The Balaban J connectivity index is 1.53. The first-order valence-corrected chi connectivity index (χ1v) is 10.3. The fourth-order valence-electron chi connectivity index (χ4n) is 3.99. The van der Waals surface area contributed by atoms with Crippen molar-refractivity contribution in [3.05, 3.63) is 64.9 Å². The molecule has 5 nitrogen and oxygen atoms in total. The zero-order valence-electron chi connectivity index (χ0n) is 17.4. The topological polar surface area (TPSA) is 45.9 Å². The van der Waals surface area contributed by atoms with Crippen molar-refractivity contribution in [2.75, 3.05) is 37.7 Å². The molecule has 29 heavy (non-hydrogen) atoms. The van der Waals surface area contributed by atoms with Crippen LogP contribution in [0.1, 0.15) is 34.2 Å². The van der Waals surface area contributed by atoms with E-state index in [0.717, 1.165) is 29.6 Å². The zero-order chi connectivity index (χ0) is 20.4. The average molecular weight is 392 g/mol. The van der Waals surface area contributed by atoms with E-state index in [2.05, 4.69) is 36.9 Å². The number of ether oxygens (including phenoxy) is 1. The molecule has 0 bridgehead atoms. The first-order valence-electron chi connectivity index (χ1n) is 10.3. The molecule has 0 aliphatic carbocycles. The third-order valence-corrected chi connectivity index (χ3v) is 5.83. The third kappa shape index (κ3) is 3.75. The van der Waals surface area contributed by atoms with Crippen molar-refractivity contribution in [3.8, 4) is 0 Å². The van der Waals surface area contributed by atoms with Crippen LogP contribution in [0, 0.1) is 13.8 Å². The maximum atomic E-state index is 13.3. The van der Waals surface area contributed by atoms with E-state index in [0.29, 0.717) is 32.1 Å². The van der Waals surface area contributed by atoms with Crippen molar-refractivity contribution >= 4 is 22.6 Å². The number of fused-ring (bicyclic) bond motifs is 1. The lowest BCUT2D eigenvalue weighted by Crippen LogP contribution is -2.49. The van der Waals surface area contributed by atoms with Gasteiger partial charge in [0.25, 0.3) is 5.91 Å². The van der Waals surface area contributed by atoms with E-state index in [1.54, 1.807) is 0 Å². The summed E-state index contributed by atoms with van der Waals surface area (Å²) in [4.78, 5) is 17.5. The molecule has 0 N–H and O–H groups in total. The first kappa shape index (κ1) is 19.5. The average Bonchev–Trinajstić information content (AvgIpc) is 3.12. The van der Waals surface area contributed by atoms with Crippen LogP contribution >= 0.6 is 0 Å². The van der Waals surface area contributed by atoms with E-state index >= 15 is 0 Å². The Morgan fingerprint density at radius 1 is 1.03 bits per heavy atom. The molecule has 1 aliphatic rings. The Morgan fingerprint density at radius 2 is 1.79 bits per heavy atom. The minimum absolute atomic E-state index is 0.0449. The van der Waals surface area contributed by atoms with Gasteiger partial charge in [0.1, 0.15) is 5.58 Å². The standard InChI is InChI=1S/C24H28N2O3/c1-4-28-16-20-19-9-5-6-11-22(19)29-23(20)24(27)26-14-12-25(13-15-26)21-10-7-8-17(2)18(21)3/h5-11H,4,12-16H2,1-3H3. The highest BCUT2D eigenvalue weighted by Crippen LogP contribution is 2.29. The molecule has 2 aromatic carbocycles. The molecule has 0 saturated carbocycles. The number of benzene rings is 2. The fraction of sp³-hybridized carbons (Fsp3) is 0.375. The zero-order valence-corrected chi connectivity index (χ0v) is 17.4. The Hall–Kier alpha value is -2.79. The number of nitrogens with zero attached hydrogens (tertiary/aromatic N) is 2. The maximum absolute atomic E-state index is 13.3. The summed E-state index contributed by atoms with van der Waals surface area (Å²) in [7, 11) is 0. The van der Waals surface area contributed by atoms with Crippen LogP contribution in [0.25, 0.3) is 11.0 Å². The van der Waals surface area contributed by atoms with Crippen molar-refractivity contribution in [1.82, 2.24) is 4.90 Å². The van der Waals surface area contributed by atoms with E-state index in [1.807, 2.05) is 36.1 Å². The molecule has 1 aromatic heterocycles. The predicted octanol–water partition coefficient (Wildman–Crippen LogP) is 4.55. The van der Waals surface area contributed by atoms with Gasteiger partial charge in [-0.25, -0.2) is 0 Å². The van der Waals surface area contributed by atoms with Crippen molar-refractivity contribution in [2.45, 2.75) is 27.4 Å². The van der Waals surface area contributed by atoms with Crippen LogP contribution in [0.2, 0.25) is 0 Å². The number of anilines is 1. The lowest BCUT2D eigenvalue weighted by atomic mass is 10.1. The van der Waals surface area contributed by atoms with Gasteiger partial charge < -0.3 is 19.0 Å². The molecule has 4 rings (SSSR count). The summed E-state index contributed by atoms with van der Waals surface area (Å²) >= 11 is 0. The number of rotatable bonds is 5. The van der Waals surface area contributed by atoms with Gasteiger partial charge in [-0.15, -0.1) is 0 Å². The monoisotopic (exact) mass is 392 g/mol. The Kier molecular flexibility index (Phi) is 5.58. The quantitative estimate of drug-likeness (QED) is 0.639. The van der Waals surface area contributed by atoms with Gasteiger partial charge in [0.05, 0.1) is 6.61 Å². The second kappa shape index (κ2) is 8.29. The summed E-state index contributed by atoms with van der Waals surface area (Å²) in [5.41, 5.74) is 5.45. The molecular formula is C24H28N2O3. The van der Waals surface area contributed by atoms with Crippen molar-refractivity contribution in [3.63, 3.8) is 0 Å². The summed E-state index contributed by atoms with van der Waals surface area (Å²) in [5.74, 6) is 0.372. The molecule has 5 heteroatoms. The van der Waals surface area contributed by atoms with Crippen LogP contribution in [0.15, 0.2) is 46.9 Å². The fourth-order valence-corrected chi connectivity index (χ4v) is 3.99. The molecule has 0 atom stereocenters. The van der Waals surface area contributed by atoms with Gasteiger partial charge in [-0.05, 0) is 44.0 Å². The molecule has 1 aliphatic heterocycles. The predicted molar refractivity (Wildman–Crippen MR) is 116 cm³/mol. The first-order chi connectivity index (χ1) is 14.1. The summed E-state index contributed by atoms with van der Waals surface area (Å²) in [6, 6.07) is 14.2. The van der Waals surface area contributed by atoms with Crippen molar-refractivity contribution < 1.29 is 13.9 Å². The van der Waals surface area contributed by atoms with Crippen LogP contribution in [0.4, 0.5) is 5.69 Å². The van der Waals surface area contributed by atoms with Crippen molar-refractivity contribution in [1.29, 1.82) is 0 Å². The molecule has 1 fully saturated rings. The summed E-state index contributed by atoms with van der Waals surface area (Å²) in [6.45, 7) is 10.2. The molecule has 0 radical (unpaired) electrons. The van der Waals surface area contributed by atoms with Gasteiger partial charge >= 0.3 is 0 Å². The van der Waals surface area contributed by atoms with Gasteiger partial charge in [0.2, 0.25) is 0 Å². The molecule has 3 aromatic rings. The summed E-state index contributed by atoms with van der Waals surface area (Å²) < 4.78 is 11.6. The minimum Gasteiger partial charge on any atom is -0.451 e. The number of piperazine rings is 1. The van der Waals surface area contributed by atoms with Gasteiger partial charge in [-0.2, -0.15) is 0 Å². The van der Waals surface area contributed by atoms with E-state index < -0.39 is 0 Å². The number of carbonyl (C=O) groups is 1. The van der Waals surface area contributed by atoms with Gasteiger partial charge in [0, 0.05) is 49.4 Å².